The van der Waals surface area contributed by atoms with Gasteiger partial charge in [0, 0.05) is 5.56 Å². The lowest BCUT2D eigenvalue weighted by atomic mass is 10.2. The summed E-state index contributed by atoms with van der Waals surface area (Å²) in [6.07, 6.45) is 0. The van der Waals surface area contributed by atoms with E-state index in [1.807, 2.05) is 6.92 Å². The highest BCUT2D eigenvalue weighted by Gasteiger charge is 2.24. The summed E-state index contributed by atoms with van der Waals surface area (Å²) in [4.78, 5) is 15.4. The first-order valence-corrected chi connectivity index (χ1v) is 9.49. The smallest absolute Gasteiger partial charge is 0.267 e. The molecule has 0 saturated heterocycles. The van der Waals surface area contributed by atoms with Crippen LogP contribution in [0, 0.1) is 6.92 Å². The van der Waals surface area contributed by atoms with E-state index in [2.05, 4.69) is 4.83 Å². The third kappa shape index (κ3) is 3.99. The van der Waals surface area contributed by atoms with Crippen LogP contribution < -0.4 is 9.84 Å². The van der Waals surface area contributed by atoms with Crippen LogP contribution in [0.5, 0.6) is 0 Å². The fourth-order valence-corrected chi connectivity index (χ4v) is 3.42. The van der Waals surface area contributed by atoms with E-state index in [9.17, 15) is 13.2 Å². The molecular weight excluding hydrogens is 348 g/mol. The Bertz CT molecular complexity index is 986. The van der Waals surface area contributed by atoms with Crippen LogP contribution in [0.3, 0.4) is 0 Å². The first-order chi connectivity index (χ1) is 12.5. The number of carbonyl (C=O) groups excluding carboxylic acids is 1. The number of rotatable bonds is 5. The van der Waals surface area contributed by atoms with Gasteiger partial charge in [0.15, 0.2) is 0 Å². The number of benzene rings is 3. The molecule has 0 bridgehead atoms. The summed E-state index contributed by atoms with van der Waals surface area (Å²) in [5, 5.41) is 1.05. The second-order valence-corrected chi connectivity index (χ2v) is 7.41. The van der Waals surface area contributed by atoms with Crippen LogP contribution in [-0.4, -0.2) is 14.3 Å². The lowest BCUT2D eigenvalue weighted by molar-refractivity contribution is 0.0981. The van der Waals surface area contributed by atoms with Crippen molar-refractivity contribution >= 4 is 21.6 Å². The van der Waals surface area contributed by atoms with Crippen molar-refractivity contribution < 1.29 is 13.2 Å². The topological polar surface area (TPSA) is 66.5 Å². The molecule has 0 saturated carbocycles. The molecule has 0 aliphatic heterocycles. The molecule has 0 unspecified atom stereocenters. The molecule has 5 nitrogen and oxygen atoms in total. The van der Waals surface area contributed by atoms with Gasteiger partial charge in [-0.05, 0) is 43.3 Å². The second-order valence-electron chi connectivity index (χ2n) is 5.75. The van der Waals surface area contributed by atoms with E-state index in [1.165, 1.54) is 12.1 Å². The van der Waals surface area contributed by atoms with Gasteiger partial charge >= 0.3 is 0 Å². The molecule has 1 amide bonds. The number of nitrogens with one attached hydrogen (secondary N) is 1. The van der Waals surface area contributed by atoms with Crippen LogP contribution in [-0.2, 0) is 10.0 Å². The maximum Gasteiger partial charge on any atom is 0.273 e. The molecule has 0 aliphatic rings. The fraction of sp³-hybridized carbons (Fsp3) is 0.0500. The Balaban J connectivity index is 1.99. The Morgan fingerprint density at radius 2 is 1.35 bits per heavy atom. The zero-order chi connectivity index (χ0) is 18.6. The molecule has 0 fully saturated rings. The molecule has 132 valence electrons. The molecule has 0 radical (unpaired) electrons. The number of amides is 1. The van der Waals surface area contributed by atoms with Crippen molar-refractivity contribution in [2.75, 3.05) is 5.01 Å². The van der Waals surface area contributed by atoms with Gasteiger partial charge in [0.25, 0.3) is 15.9 Å². The summed E-state index contributed by atoms with van der Waals surface area (Å²) in [5.41, 5.74) is 1.75. The van der Waals surface area contributed by atoms with Gasteiger partial charge in [-0.3, -0.25) is 4.79 Å². The van der Waals surface area contributed by atoms with E-state index in [4.69, 9.17) is 0 Å². The summed E-state index contributed by atoms with van der Waals surface area (Å²) in [7, 11) is -3.92. The largest absolute Gasteiger partial charge is 0.273 e. The van der Waals surface area contributed by atoms with Crippen molar-refractivity contribution in [1.29, 1.82) is 0 Å². The third-order valence-corrected chi connectivity index (χ3v) is 5.10. The molecule has 3 rings (SSSR count). The van der Waals surface area contributed by atoms with Gasteiger partial charge in [0.1, 0.15) is 0 Å². The molecule has 0 spiro atoms. The minimum Gasteiger partial charge on any atom is -0.267 e. The summed E-state index contributed by atoms with van der Waals surface area (Å²) >= 11 is 0. The molecule has 0 atom stereocenters. The number of carbonyl (C=O) groups is 1. The predicted octanol–water partition coefficient (Wildman–Crippen LogP) is 3.54. The van der Waals surface area contributed by atoms with Gasteiger partial charge in [-0.15, -0.1) is 4.83 Å². The molecular formula is C20H18N2O3S. The summed E-state index contributed by atoms with van der Waals surface area (Å²) in [6.45, 7) is 1.87. The molecule has 3 aromatic carbocycles. The van der Waals surface area contributed by atoms with Crippen LogP contribution in [0.2, 0.25) is 0 Å². The number of aryl methyl sites for hydroxylation is 1. The van der Waals surface area contributed by atoms with Gasteiger partial charge in [0.2, 0.25) is 0 Å². The van der Waals surface area contributed by atoms with Gasteiger partial charge in [0.05, 0.1) is 10.6 Å². The van der Waals surface area contributed by atoms with Gasteiger partial charge in [-0.1, -0.05) is 54.1 Å². The first kappa shape index (κ1) is 17.8. The summed E-state index contributed by atoms with van der Waals surface area (Å²) < 4.78 is 25.5. The van der Waals surface area contributed by atoms with E-state index >= 15 is 0 Å². The highest BCUT2D eigenvalue weighted by molar-refractivity contribution is 7.89. The maximum absolute atomic E-state index is 12.9. The minimum absolute atomic E-state index is 0.0879. The Kier molecular flexibility index (Phi) is 5.16. The summed E-state index contributed by atoms with van der Waals surface area (Å²) in [6, 6.07) is 23.6. The molecule has 3 aromatic rings. The van der Waals surface area contributed by atoms with Crippen LogP contribution in [0.25, 0.3) is 0 Å². The minimum atomic E-state index is -3.92. The predicted molar refractivity (Wildman–Crippen MR) is 101 cm³/mol. The average molecular weight is 366 g/mol. The van der Waals surface area contributed by atoms with Crippen LogP contribution >= 0.6 is 0 Å². The van der Waals surface area contributed by atoms with Crippen LogP contribution in [0.15, 0.2) is 89.8 Å². The molecule has 0 heterocycles. The van der Waals surface area contributed by atoms with E-state index in [0.717, 1.165) is 10.6 Å². The number of nitrogens with zero attached hydrogens (tertiary/aromatic N) is 1. The first-order valence-electron chi connectivity index (χ1n) is 8.01. The summed E-state index contributed by atoms with van der Waals surface area (Å²) in [5.74, 6) is -0.465. The molecule has 1 N–H and O–H groups in total. The normalized spacial score (nSPS) is 11.1. The van der Waals surface area contributed by atoms with Crippen molar-refractivity contribution in [1.82, 2.24) is 4.83 Å². The second kappa shape index (κ2) is 7.51. The third-order valence-electron chi connectivity index (χ3n) is 3.78. The van der Waals surface area contributed by atoms with E-state index in [0.29, 0.717) is 11.3 Å². The van der Waals surface area contributed by atoms with Crippen molar-refractivity contribution in [3.63, 3.8) is 0 Å². The number of hydrazine groups is 1. The van der Waals surface area contributed by atoms with Crippen LogP contribution in [0.1, 0.15) is 15.9 Å². The Labute approximate surface area is 152 Å². The van der Waals surface area contributed by atoms with Crippen LogP contribution in [0.4, 0.5) is 5.69 Å². The van der Waals surface area contributed by atoms with Gasteiger partial charge < -0.3 is 0 Å². The Hall–Kier alpha value is -2.96. The highest BCUT2D eigenvalue weighted by Crippen LogP contribution is 2.18. The quantitative estimate of drug-likeness (QED) is 0.703. The van der Waals surface area contributed by atoms with Crippen molar-refractivity contribution in [2.24, 2.45) is 0 Å². The van der Waals surface area contributed by atoms with E-state index in [1.54, 1.807) is 72.8 Å². The Morgan fingerprint density at radius 3 is 1.92 bits per heavy atom. The molecule has 6 heteroatoms. The number of hydrogen-bond acceptors (Lipinski definition) is 3. The standard InChI is InChI=1S/C20H18N2O3S/c1-16-12-14-19(15-13-16)26(24,25)21-22(18-10-6-3-7-11-18)20(23)17-8-4-2-5-9-17/h2-15,21H,1H3. The fourth-order valence-electron chi connectivity index (χ4n) is 2.39. The number of para-hydroxylation sites is 1. The lowest BCUT2D eigenvalue weighted by Gasteiger charge is -2.23. The monoisotopic (exact) mass is 366 g/mol. The number of hydrogen-bond donors (Lipinski definition) is 1. The van der Waals surface area contributed by atoms with Crippen molar-refractivity contribution in [3.05, 3.63) is 96.1 Å². The lowest BCUT2D eigenvalue weighted by Crippen LogP contribution is -2.46. The van der Waals surface area contributed by atoms with E-state index < -0.39 is 15.9 Å². The highest BCUT2D eigenvalue weighted by atomic mass is 32.2. The number of anilines is 1. The molecule has 0 aliphatic carbocycles. The van der Waals surface area contributed by atoms with E-state index in [-0.39, 0.29) is 4.90 Å². The molecule has 26 heavy (non-hydrogen) atoms. The average Bonchev–Trinajstić information content (AvgIpc) is 2.67. The van der Waals surface area contributed by atoms with Gasteiger partial charge in [-0.25, -0.2) is 13.4 Å². The SMILES string of the molecule is Cc1ccc(S(=O)(=O)NN(C(=O)c2ccccc2)c2ccccc2)cc1. The number of sulfonamides is 1. The van der Waals surface area contributed by atoms with Gasteiger partial charge in [-0.2, -0.15) is 0 Å². The zero-order valence-electron chi connectivity index (χ0n) is 14.2. The van der Waals surface area contributed by atoms with Crippen molar-refractivity contribution in [3.8, 4) is 0 Å². The molecule has 0 aromatic heterocycles. The maximum atomic E-state index is 12.9. The van der Waals surface area contributed by atoms with Crippen molar-refractivity contribution in [2.45, 2.75) is 11.8 Å². The zero-order valence-corrected chi connectivity index (χ0v) is 15.0. The Morgan fingerprint density at radius 1 is 0.808 bits per heavy atom.